The second kappa shape index (κ2) is 8.87. The van der Waals surface area contributed by atoms with Crippen LogP contribution in [0.4, 0.5) is 5.69 Å². The molecule has 0 aliphatic carbocycles. The molecule has 0 fully saturated rings. The highest BCUT2D eigenvalue weighted by Gasteiger charge is 2.16. The van der Waals surface area contributed by atoms with Crippen LogP contribution in [0.1, 0.15) is 22.8 Å². The maximum atomic E-state index is 12.3. The Bertz CT molecular complexity index is 789. The van der Waals surface area contributed by atoms with Gasteiger partial charge in [0.05, 0.1) is 20.8 Å². The van der Waals surface area contributed by atoms with Crippen molar-refractivity contribution in [2.75, 3.05) is 19.5 Å². The Labute approximate surface area is 151 Å². The van der Waals surface area contributed by atoms with E-state index in [0.29, 0.717) is 11.4 Å². The predicted octanol–water partition coefficient (Wildman–Crippen LogP) is 2.95. The van der Waals surface area contributed by atoms with E-state index in [4.69, 9.17) is 19.3 Å². The summed E-state index contributed by atoms with van der Waals surface area (Å²) in [5.74, 6) is -0.568. The van der Waals surface area contributed by atoms with Crippen LogP contribution in [0, 0.1) is 0 Å². The SMILES string of the molecule is COc1cccc(COC(C)C(=O)Nc2ccc(C(=O)O)c(OC)c2)c1. The molecule has 0 aliphatic heterocycles. The Kier molecular flexibility index (Phi) is 6.57. The quantitative estimate of drug-likeness (QED) is 0.753. The van der Waals surface area contributed by atoms with Crippen molar-refractivity contribution in [3.8, 4) is 11.5 Å². The monoisotopic (exact) mass is 359 g/mol. The standard InChI is InChI=1S/C19H21NO6/c1-12(26-11-13-5-4-6-15(9-13)24-2)18(21)20-14-7-8-16(19(22)23)17(10-14)25-3/h4-10,12H,11H2,1-3H3,(H,20,21)(H,22,23). The van der Waals surface area contributed by atoms with E-state index < -0.39 is 12.1 Å². The summed E-state index contributed by atoms with van der Waals surface area (Å²) in [6.45, 7) is 1.89. The van der Waals surface area contributed by atoms with E-state index in [9.17, 15) is 9.59 Å². The predicted molar refractivity (Wildman–Crippen MR) is 95.8 cm³/mol. The maximum Gasteiger partial charge on any atom is 0.339 e. The number of anilines is 1. The number of carbonyl (C=O) groups is 2. The topological polar surface area (TPSA) is 94.1 Å². The van der Waals surface area contributed by atoms with Gasteiger partial charge in [-0.15, -0.1) is 0 Å². The molecule has 2 N–H and O–H groups in total. The molecule has 0 heterocycles. The van der Waals surface area contributed by atoms with Crippen LogP contribution in [0.5, 0.6) is 11.5 Å². The highest BCUT2D eigenvalue weighted by molar-refractivity contribution is 5.96. The number of amides is 1. The molecule has 0 saturated carbocycles. The van der Waals surface area contributed by atoms with Crippen molar-refractivity contribution < 1.29 is 28.9 Å². The normalized spacial score (nSPS) is 11.5. The molecule has 2 aromatic carbocycles. The number of carboxylic acid groups (broad SMARTS) is 1. The van der Waals surface area contributed by atoms with Crippen LogP contribution in [0.2, 0.25) is 0 Å². The van der Waals surface area contributed by atoms with Crippen LogP contribution in [0.25, 0.3) is 0 Å². The summed E-state index contributed by atoms with van der Waals surface area (Å²) in [7, 11) is 2.95. The summed E-state index contributed by atoms with van der Waals surface area (Å²) in [5, 5.41) is 11.8. The van der Waals surface area contributed by atoms with E-state index in [1.165, 1.54) is 25.3 Å². The van der Waals surface area contributed by atoms with Crippen molar-refractivity contribution >= 4 is 17.6 Å². The fraction of sp³-hybridized carbons (Fsp3) is 0.263. The average molecular weight is 359 g/mol. The molecule has 26 heavy (non-hydrogen) atoms. The molecule has 1 unspecified atom stereocenters. The first kappa shape index (κ1) is 19.3. The smallest absolute Gasteiger partial charge is 0.339 e. The van der Waals surface area contributed by atoms with Gasteiger partial charge in [0.2, 0.25) is 0 Å². The lowest BCUT2D eigenvalue weighted by atomic mass is 10.1. The Morgan fingerprint density at radius 3 is 2.54 bits per heavy atom. The minimum atomic E-state index is -1.10. The number of carbonyl (C=O) groups excluding carboxylic acids is 1. The third-order valence-corrected chi connectivity index (χ3v) is 3.70. The van der Waals surface area contributed by atoms with Crippen LogP contribution in [-0.2, 0) is 16.1 Å². The maximum absolute atomic E-state index is 12.3. The molecular weight excluding hydrogens is 338 g/mol. The van der Waals surface area contributed by atoms with Gasteiger partial charge in [-0.25, -0.2) is 4.79 Å². The van der Waals surface area contributed by atoms with Gasteiger partial charge < -0.3 is 24.6 Å². The largest absolute Gasteiger partial charge is 0.497 e. The van der Waals surface area contributed by atoms with Crippen LogP contribution in [-0.4, -0.2) is 37.3 Å². The second-order valence-electron chi connectivity index (χ2n) is 5.51. The molecule has 0 aliphatic rings. The summed E-state index contributed by atoms with van der Waals surface area (Å²) in [6.07, 6.45) is -0.702. The molecular formula is C19H21NO6. The minimum absolute atomic E-state index is 0.0211. The lowest BCUT2D eigenvalue weighted by Gasteiger charge is -2.15. The van der Waals surface area contributed by atoms with Crippen LogP contribution in [0.3, 0.4) is 0 Å². The lowest BCUT2D eigenvalue weighted by molar-refractivity contribution is -0.127. The van der Waals surface area contributed by atoms with Crippen molar-refractivity contribution in [2.45, 2.75) is 19.6 Å². The summed E-state index contributed by atoms with van der Waals surface area (Å²) >= 11 is 0. The molecule has 1 atom stereocenters. The van der Waals surface area contributed by atoms with E-state index in [0.717, 1.165) is 5.56 Å². The molecule has 0 radical (unpaired) electrons. The average Bonchev–Trinajstić information content (AvgIpc) is 2.65. The third-order valence-electron chi connectivity index (χ3n) is 3.70. The Morgan fingerprint density at radius 2 is 1.88 bits per heavy atom. The van der Waals surface area contributed by atoms with Crippen molar-refractivity contribution in [2.24, 2.45) is 0 Å². The fourth-order valence-electron chi connectivity index (χ4n) is 2.25. The number of benzene rings is 2. The molecule has 1 amide bonds. The Balaban J connectivity index is 1.97. The molecule has 2 rings (SSSR count). The zero-order valence-corrected chi connectivity index (χ0v) is 14.8. The number of carboxylic acids is 1. The molecule has 0 saturated heterocycles. The van der Waals surface area contributed by atoms with Crippen LogP contribution >= 0.6 is 0 Å². The molecule has 0 bridgehead atoms. The van der Waals surface area contributed by atoms with Crippen molar-refractivity contribution in [1.29, 1.82) is 0 Å². The van der Waals surface area contributed by atoms with E-state index in [2.05, 4.69) is 5.32 Å². The van der Waals surface area contributed by atoms with Gasteiger partial charge in [-0.2, -0.15) is 0 Å². The number of methoxy groups -OCH3 is 2. The van der Waals surface area contributed by atoms with Crippen LogP contribution in [0.15, 0.2) is 42.5 Å². The Hall–Kier alpha value is -3.06. The first-order valence-corrected chi connectivity index (χ1v) is 7.91. The molecule has 0 aromatic heterocycles. The molecule has 0 spiro atoms. The van der Waals surface area contributed by atoms with Gasteiger partial charge >= 0.3 is 5.97 Å². The molecule has 7 nitrogen and oxygen atoms in total. The molecule has 138 valence electrons. The Morgan fingerprint density at radius 1 is 1.12 bits per heavy atom. The van der Waals surface area contributed by atoms with Crippen molar-refractivity contribution in [1.82, 2.24) is 0 Å². The number of hydrogen-bond acceptors (Lipinski definition) is 5. The van der Waals surface area contributed by atoms with Gasteiger partial charge in [-0.1, -0.05) is 12.1 Å². The van der Waals surface area contributed by atoms with E-state index in [-0.39, 0.29) is 23.8 Å². The van der Waals surface area contributed by atoms with Crippen molar-refractivity contribution in [3.63, 3.8) is 0 Å². The first-order valence-electron chi connectivity index (χ1n) is 7.91. The summed E-state index contributed by atoms with van der Waals surface area (Å²) < 4.78 is 15.8. The van der Waals surface area contributed by atoms with E-state index in [1.807, 2.05) is 24.3 Å². The summed E-state index contributed by atoms with van der Waals surface area (Å²) in [4.78, 5) is 23.3. The van der Waals surface area contributed by atoms with Gasteiger partial charge in [-0.3, -0.25) is 4.79 Å². The second-order valence-corrected chi connectivity index (χ2v) is 5.51. The van der Waals surface area contributed by atoms with Gasteiger partial charge in [-0.05, 0) is 36.8 Å². The zero-order valence-electron chi connectivity index (χ0n) is 14.8. The molecule has 2 aromatic rings. The highest BCUT2D eigenvalue weighted by atomic mass is 16.5. The minimum Gasteiger partial charge on any atom is -0.497 e. The van der Waals surface area contributed by atoms with Gasteiger partial charge in [0, 0.05) is 11.8 Å². The number of aromatic carboxylic acids is 1. The summed E-state index contributed by atoms with van der Waals surface area (Å²) in [6, 6.07) is 11.7. The third kappa shape index (κ3) is 4.97. The fourth-order valence-corrected chi connectivity index (χ4v) is 2.25. The number of nitrogens with one attached hydrogen (secondary N) is 1. The van der Waals surface area contributed by atoms with Gasteiger partial charge in [0.25, 0.3) is 5.91 Å². The molecule has 7 heteroatoms. The summed E-state index contributed by atoms with van der Waals surface area (Å²) in [5.41, 5.74) is 1.33. The van der Waals surface area contributed by atoms with E-state index in [1.54, 1.807) is 14.0 Å². The highest BCUT2D eigenvalue weighted by Crippen LogP contribution is 2.23. The number of hydrogen-bond donors (Lipinski definition) is 2. The van der Waals surface area contributed by atoms with Crippen LogP contribution < -0.4 is 14.8 Å². The van der Waals surface area contributed by atoms with E-state index >= 15 is 0 Å². The van der Waals surface area contributed by atoms with Gasteiger partial charge in [0.1, 0.15) is 23.2 Å². The van der Waals surface area contributed by atoms with Gasteiger partial charge in [0.15, 0.2) is 0 Å². The number of rotatable bonds is 8. The van der Waals surface area contributed by atoms with Crippen molar-refractivity contribution in [3.05, 3.63) is 53.6 Å². The number of ether oxygens (including phenoxy) is 3. The lowest BCUT2D eigenvalue weighted by Crippen LogP contribution is -2.27. The zero-order chi connectivity index (χ0) is 19.1. The first-order chi connectivity index (χ1) is 12.4.